The third kappa shape index (κ3) is 2.26. The third-order valence-corrected chi connectivity index (χ3v) is 2.28. The summed E-state index contributed by atoms with van der Waals surface area (Å²) in [6.45, 7) is 4.11. The molecule has 1 rings (SSSR count). The number of ether oxygens (including phenoxy) is 1. The van der Waals surface area contributed by atoms with E-state index < -0.39 is 0 Å². The van der Waals surface area contributed by atoms with Gasteiger partial charge in [0, 0.05) is 0 Å². The second-order valence-electron chi connectivity index (χ2n) is 3.62. The van der Waals surface area contributed by atoms with E-state index in [9.17, 15) is 0 Å². The first-order valence-corrected chi connectivity index (χ1v) is 4.72. The van der Waals surface area contributed by atoms with Gasteiger partial charge in [0.05, 0.1) is 19.1 Å². The molecule has 14 heavy (non-hydrogen) atoms. The van der Waals surface area contributed by atoms with Crippen molar-refractivity contribution in [2.45, 2.75) is 19.8 Å². The Bertz CT molecular complexity index is 321. The molecule has 0 bridgehead atoms. The molecule has 2 nitrogen and oxygen atoms in total. The predicted molar refractivity (Wildman–Crippen MR) is 56.2 cm³/mol. The zero-order chi connectivity index (χ0) is 10.6. The van der Waals surface area contributed by atoms with E-state index in [1.807, 2.05) is 24.3 Å². The lowest BCUT2D eigenvalue weighted by Crippen LogP contribution is -2.03. The summed E-state index contributed by atoms with van der Waals surface area (Å²) in [5, 5.41) is 9.00. The largest absolute Gasteiger partial charge is 0.497 e. The highest BCUT2D eigenvalue weighted by molar-refractivity contribution is 5.32. The lowest BCUT2D eigenvalue weighted by Gasteiger charge is -2.13. The first kappa shape index (κ1) is 10.6. The quantitative estimate of drug-likeness (QED) is 0.732. The van der Waals surface area contributed by atoms with E-state index in [-0.39, 0.29) is 5.92 Å². The van der Waals surface area contributed by atoms with Gasteiger partial charge in [0.1, 0.15) is 5.75 Å². The molecule has 0 amide bonds. The molecule has 0 saturated heterocycles. The maximum absolute atomic E-state index is 9.00. The highest BCUT2D eigenvalue weighted by Crippen LogP contribution is 2.25. The fourth-order valence-electron chi connectivity index (χ4n) is 1.42. The van der Waals surface area contributed by atoms with Gasteiger partial charge < -0.3 is 4.74 Å². The standard InChI is InChI=1S/C12H15NO/c1-9(2)12(8-13)10-4-6-11(14-3)7-5-10/h4-7,9,12H,1-3H3. The SMILES string of the molecule is COc1ccc(C(C#N)C(C)C)cc1. The second kappa shape index (κ2) is 4.66. The maximum Gasteiger partial charge on any atom is 0.118 e. The van der Waals surface area contributed by atoms with Crippen molar-refractivity contribution < 1.29 is 4.74 Å². The summed E-state index contributed by atoms with van der Waals surface area (Å²) in [7, 11) is 1.64. The van der Waals surface area contributed by atoms with Crippen molar-refractivity contribution in [3.05, 3.63) is 29.8 Å². The first-order chi connectivity index (χ1) is 6.69. The number of methoxy groups -OCH3 is 1. The van der Waals surface area contributed by atoms with Gasteiger partial charge in [-0.3, -0.25) is 0 Å². The average molecular weight is 189 g/mol. The Morgan fingerprint density at radius 1 is 1.21 bits per heavy atom. The lowest BCUT2D eigenvalue weighted by atomic mass is 9.90. The van der Waals surface area contributed by atoms with Crippen molar-refractivity contribution in [1.82, 2.24) is 0 Å². The van der Waals surface area contributed by atoms with Gasteiger partial charge in [-0.1, -0.05) is 26.0 Å². The molecule has 1 aromatic rings. The molecule has 1 unspecified atom stereocenters. The Labute approximate surface area is 85.1 Å². The van der Waals surface area contributed by atoms with E-state index in [0.717, 1.165) is 11.3 Å². The molecule has 0 fully saturated rings. The summed E-state index contributed by atoms with van der Waals surface area (Å²) in [6, 6.07) is 10.00. The number of hydrogen-bond acceptors (Lipinski definition) is 2. The van der Waals surface area contributed by atoms with Crippen molar-refractivity contribution in [1.29, 1.82) is 5.26 Å². The van der Waals surface area contributed by atoms with Crippen molar-refractivity contribution in [3.63, 3.8) is 0 Å². The highest BCUT2D eigenvalue weighted by Gasteiger charge is 2.14. The van der Waals surface area contributed by atoms with Gasteiger partial charge >= 0.3 is 0 Å². The van der Waals surface area contributed by atoms with Gasteiger partial charge in [-0.2, -0.15) is 5.26 Å². The Kier molecular flexibility index (Phi) is 3.53. The summed E-state index contributed by atoms with van der Waals surface area (Å²) in [5.41, 5.74) is 1.06. The van der Waals surface area contributed by atoms with Gasteiger partial charge in [0.15, 0.2) is 0 Å². The van der Waals surface area contributed by atoms with E-state index >= 15 is 0 Å². The van der Waals surface area contributed by atoms with Crippen LogP contribution in [0.3, 0.4) is 0 Å². The van der Waals surface area contributed by atoms with Crippen LogP contribution in [0.15, 0.2) is 24.3 Å². The van der Waals surface area contributed by atoms with Crippen molar-refractivity contribution >= 4 is 0 Å². The first-order valence-electron chi connectivity index (χ1n) is 4.72. The van der Waals surface area contributed by atoms with Gasteiger partial charge in [-0.15, -0.1) is 0 Å². The summed E-state index contributed by atoms with van der Waals surface area (Å²) in [5.74, 6) is 1.14. The van der Waals surface area contributed by atoms with E-state index in [2.05, 4.69) is 19.9 Å². The molecular weight excluding hydrogens is 174 g/mol. The van der Waals surface area contributed by atoms with Crippen LogP contribution in [0.2, 0.25) is 0 Å². The van der Waals surface area contributed by atoms with E-state index in [4.69, 9.17) is 10.00 Å². The van der Waals surface area contributed by atoms with Crippen LogP contribution in [-0.4, -0.2) is 7.11 Å². The molecule has 1 aromatic carbocycles. The van der Waals surface area contributed by atoms with Crippen LogP contribution in [-0.2, 0) is 0 Å². The number of rotatable bonds is 3. The molecule has 0 heterocycles. The monoisotopic (exact) mass is 189 g/mol. The van der Waals surface area contributed by atoms with Crippen LogP contribution < -0.4 is 4.74 Å². The van der Waals surface area contributed by atoms with E-state index in [1.54, 1.807) is 7.11 Å². The van der Waals surface area contributed by atoms with Crippen LogP contribution in [0, 0.1) is 17.2 Å². The van der Waals surface area contributed by atoms with Crippen LogP contribution in [0.25, 0.3) is 0 Å². The zero-order valence-corrected chi connectivity index (χ0v) is 8.82. The number of nitrogens with zero attached hydrogens (tertiary/aromatic N) is 1. The smallest absolute Gasteiger partial charge is 0.118 e. The van der Waals surface area contributed by atoms with Crippen molar-refractivity contribution in [3.8, 4) is 11.8 Å². The lowest BCUT2D eigenvalue weighted by molar-refractivity contribution is 0.414. The molecule has 0 radical (unpaired) electrons. The Hall–Kier alpha value is -1.49. The van der Waals surface area contributed by atoms with Crippen LogP contribution in [0.4, 0.5) is 0 Å². The second-order valence-corrected chi connectivity index (χ2v) is 3.62. The summed E-state index contributed by atoms with van der Waals surface area (Å²) >= 11 is 0. The zero-order valence-electron chi connectivity index (χ0n) is 8.82. The molecule has 1 atom stereocenters. The molecule has 0 saturated carbocycles. The summed E-state index contributed by atoms with van der Waals surface area (Å²) < 4.78 is 5.06. The highest BCUT2D eigenvalue weighted by atomic mass is 16.5. The molecule has 0 spiro atoms. The normalized spacial score (nSPS) is 12.2. The van der Waals surface area contributed by atoms with Gasteiger partial charge in [-0.25, -0.2) is 0 Å². The number of nitriles is 1. The minimum Gasteiger partial charge on any atom is -0.497 e. The van der Waals surface area contributed by atoms with E-state index in [1.165, 1.54) is 0 Å². The summed E-state index contributed by atoms with van der Waals surface area (Å²) in [6.07, 6.45) is 0. The van der Waals surface area contributed by atoms with Gasteiger partial charge in [0.2, 0.25) is 0 Å². The summed E-state index contributed by atoms with van der Waals surface area (Å²) in [4.78, 5) is 0. The Morgan fingerprint density at radius 2 is 1.79 bits per heavy atom. The fraction of sp³-hybridized carbons (Fsp3) is 0.417. The topological polar surface area (TPSA) is 33.0 Å². The van der Waals surface area contributed by atoms with Crippen LogP contribution in [0.5, 0.6) is 5.75 Å². The Morgan fingerprint density at radius 3 is 2.14 bits per heavy atom. The van der Waals surface area contributed by atoms with E-state index in [0.29, 0.717) is 5.92 Å². The van der Waals surface area contributed by atoms with Gasteiger partial charge in [-0.05, 0) is 23.6 Å². The molecule has 0 aliphatic carbocycles. The minimum atomic E-state index is -0.0269. The number of benzene rings is 1. The molecule has 0 aliphatic heterocycles. The van der Waals surface area contributed by atoms with Crippen molar-refractivity contribution in [2.24, 2.45) is 5.92 Å². The molecule has 2 heteroatoms. The predicted octanol–water partition coefficient (Wildman–Crippen LogP) is 2.96. The molecule has 74 valence electrons. The Balaban J connectivity index is 2.91. The van der Waals surface area contributed by atoms with Crippen LogP contribution in [0.1, 0.15) is 25.3 Å². The number of hydrogen-bond donors (Lipinski definition) is 0. The third-order valence-electron chi connectivity index (χ3n) is 2.28. The molecule has 0 aliphatic rings. The van der Waals surface area contributed by atoms with Gasteiger partial charge in [0.25, 0.3) is 0 Å². The van der Waals surface area contributed by atoms with Crippen LogP contribution >= 0.6 is 0 Å². The fourth-order valence-corrected chi connectivity index (χ4v) is 1.42. The molecular formula is C12H15NO. The molecule has 0 aromatic heterocycles. The maximum atomic E-state index is 9.00. The molecule has 0 N–H and O–H groups in total. The van der Waals surface area contributed by atoms with Crippen molar-refractivity contribution in [2.75, 3.05) is 7.11 Å². The minimum absolute atomic E-state index is 0.0269. The average Bonchev–Trinajstić information content (AvgIpc) is 2.19.